The standard InChI is InChI=1S/C10H19NO3/c1-2-3-4-5-9(11)10(12)14-8-6-13-7-8/h8-9H,2-7,11H2,1H3/t9-/m0/s1. The molecule has 0 saturated carbocycles. The number of unbranched alkanes of at least 4 members (excludes halogenated alkanes) is 2. The Morgan fingerprint density at radius 1 is 1.57 bits per heavy atom. The van der Waals surface area contributed by atoms with Crippen LogP contribution < -0.4 is 5.73 Å². The Morgan fingerprint density at radius 3 is 2.79 bits per heavy atom. The van der Waals surface area contributed by atoms with Crippen LogP contribution in [0.15, 0.2) is 0 Å². The molecule has 82 valence electrons. The first-order valence-corrected chi connectivity index (χ1v) is 5.28. The quantitative estimate of drug-likeness (QED) is 0.511. The van der Waals surface area contributed by atoms with E-state index in [0.717, 1.165) is 25.7 Å². The molecule has 0 aliphatic carbocycles. The highest BCUT2D eigenvalue weighted by molar-refractivity contribution is 5.75. The van der Waals surface area contributed by atoms with E-state index >= 15 is 0 Å². The van der Waals surface area contributed by atoms with Crippen molar-refractivity contribution in [3.8, 4) is 0 Å². The van der Waals surface area contributed by atoms with Crippen molar-refractivity contribution in [2.24, 2.45) is 5.73 Å². The van der Waals surface area contributed by atoms with Crippen LogP contribution in [0.2, 0.25) is 0 Å². The van der Waals surface area contributed by atoms with Gasteiger partial charge in [0.2, 0.25) is 0 Å². The number of hydrogen-bond acceptors (Lipinski definition) is 4. The molecule has 4 heteroatoms. The maximum Gasteiger partial charge on any atom is 0.323 e. The third-order valence-corrected chi connectivity index (χ3v) is 2.31. The molecule has 0 aromatic rings. The Kier molecular flexibility index (Phi) is 4.90. The van der Waals surface area contributed by atoms with Gasteiger partial charge < -0.3 is 15.2 Å². The molecular formula is C10H19NO3. The SMILES string of the molecule is CCCCC[C@H](N)C(=O)OC1COC1. The van der Waals surface area contributed by atoms with Crippen LogP contribution in [-0.4, -0.2) is 31.3 Å². The van der Waals surface area contributed by atoms with E-state index in [2.05, 4.69) is 6.92 Å². The number of ether oxygens (including phenoxy) is 2. The fourth-order valence-electron chi connectivity index (χ4n) is 1.27. The molecule has 1 rings (SSSR count). The van der Waals surface area contributed by atoms with Gasteiger partial charge in [0.1, 0.15) is 12.1 Å². The summed E-state index contributed by atoms with van der Waals surface area (Å²) in [5.41, 5.74) is 5.67. The first-order chi connectivity index (χ1) is 6.74. The molecular weight excluding hydrogens is 182 g/mol. The van der Waals surface area contributed by atoms with Gasteiger partial charge in [-0.05, 0) is 6.42 Å². The van der Waals surface area contributed by atoms with Crippen molar-refractivity contribution in [1.82, 2.24) is 0 Å². The van der Waals surface area contributed by atoms with E-state index in [1.807, 2.05) is 0 Å². The highest BCUT2D eigenvalue weighted by Crippen LogP contribution is 2.09. The molecule has 0 amide bonds. The van der Waals surface area contributed by atoms with Gasteiger partial charge in [0, 0.05) is 0 Å². The molecule has 1 aliphatic rings. The number of hydrogen-bond donors (Lipinski definition) is 1. The zero-order valence-corrected chi connectivity index (χ0v) is 8.70. The molecule has 4 nitrogen and oxygen atoms in total. The van der Waals surface area contributed by atoms with E-state index in [1.54, 1.807) is 0 Å². The molecule has 14 heavy (non-hydrogen) atoms. The summed E-state index contributed by atoms with van der Waals surface area (Å²) in [6, 6.07) is -0.456. The second-order valence-electron chi connectivity index (χ2n) is 3.70. The van der Waals surface area contributed by atoms with Crippen LogP contribution in [-0.2, 0) is 14.3 Å². The van der Waals surface area contributed by atoms with Crippen molar-refractivity contribution in [2.75, 3.05) is 13.2 Å². The van der Waals surface area contributed by atoms with Gasteiger partial charge in [-0.25, -0.2) is 0 Å². The average molecular weight is 201 g/mol. The fraction of sp³-hybridized carbons (Fsp3) is 0.900. The van der Waals surface area contributed by atoms with E-state index in [4.69, 9.17) is 15.2 Å². The smallest absolute Gasteiger partial charge is 0.323 e. The number of rotatable bonds is 6. The molecule has 0 bridgehead atoms. The molecule has 0 radical (unpaired) electrons. The maximum atomic E-state index is 11.3. The molecule has 0 unspecified atom stereocenters. The van der Waals surface area contributed by atoms with Crippen LogP contribution in [0.1, 0.15) is 32.6 Å². The minimum absolute atomic E-state index is 0.0558. The first-order valence-electron chi connectivity index (χ1n) is 5.28. The topological polar surface area (TPSA) is 61.6 Å². The van der Waals surface area contributed by atoms with E-state index in [-0.39, 0.29) is 12.1 Å². The van der Waals surface area contributed by atoms with Crippen LogP contribution in [0.3, 0.4) is 0 Å². The van der Waals surface area contributed by atoms with Gasteiger partial charge >= 0.3 is 5.97 Å². The second-order valence-corrected chi connectivity index (χ2v) is 3.70. The number of esters is 1. The molecule has 2 N–H and O–H groups in total. The molecule has 0 aromatic heterocycles. The molecule has 1 fully saturated rings. The van der Waals surface area contributed by atoms with Crippen molar-refractivity contribution in [1.29, 1.82) is 0 Å². The zero-order chi connectivity index (χ0) is 10.4. The summed E-state index contributed by atoms with van der Waals surface area (Å²) in [6.45, 7) is 3.16. The Labute approximate surface area is 84.7 Å². The second kappa shape index (κ2) is 5.98. The van der Waals surface area contributed by atoms with Gasteiger partial charge in [-0.1, -0.05) is 26.2 Å². The number of nitrogens with two attached hydrogens (primary N) is 1. The Hall–Kier alpha value is -0.610. The van der Waals surface area contributed by atoms with Crippen molar-refractivity contribution in [2.45, 2.75) is 44.8 Å². The largest absolute Gasteiger partial charge is 0.456 e. The first kappa shape index (κ1) is 11.5. The maximum absolute atomic E-state index is 11.3. The van der Waals surface area contributed by atoms with Crippen molar-refractivity contribution < 1.29 is 14.3 Å². The summed E-state index contributed by atoms with van der Waals surface area (Å²) in [7, 11) is 0. The van der Waals surface area contributed by atoms with Crippen LogP contribution in [0, 0.1) is 0 Å². The molecule has 1 heterocycles. The average Bonchev–Trinajstić information content (AvgIpc) is 2.11. The summed E-state index contributed by atoms with van der Waals surface area (Å²) >= 11 is 0. The van der Waals surface area contributed by atoms with Gasteiger partial charge in [0.05, 0.1) is 13.2 Å². The van der Waals surface area contributed by atoms with E-state index in [0.29, 0.717) is 13.2 Å². The molecule has 1 saturated heterocycles. The van der Waals surface area contributed by atoms with Crippen molar-refractivity contribution in [3.63, 3.8) is 0 Å². The highest BCUT2D eigenvalue weighted by atomic mass is 16.6. The van der Waals surface area contributed by atoms with Crippen molar-refractivity contribution >= 4 is 5.97 Å². The monoisotopic (exact) mass is 201 g/mol. The summed E-state index contributed by atoms with van der Waals surface area (Å²) in [4.78, 5) is 11.3. The Morgan fingerprint density at radius 2 is 2.29 bits per heavy atom. The van der Waals surface area contributed by atoms with E-state index in [1.165, 1.54) is 0 Å². The van der Waals surface area contributed by atoms with Gasteiger partial charge in [-0.3, -0.25) is 4.79 Å². The van der Waals surface area contributed by atoms with Crippen LogP contribution in [0.5, 0.6) is 0 Å². The lowest BCUT2D eigenvalue weighted by atomic mass is 10.1. The summed E-state index contributed by atoms with van der Waals surface area (Å²) < 4.78 is 9.99. The number of carbonyl (C=O) groups excluding carboxylic acids is 1. The van der Waals surface area contributed by atoms with E-state index < -0.39 is 6.04 Å². The summed E-state index contributed by atoms with van der Waals surface area (Å²) in [6.07, 6.45) is 3.92. The molecule has 1 atom stereocenters. The van der Waals surface area contributed by atoms with Crippen LogP contribution in [0.4, 0.5) is 0 Å². The van der Waals surface area contributed by atoms with Gasteiger partial charge in [0.25, 0.3) is 0 Å². The molecule has 0 aromatic carbocycles. The normalized spacial score (nSPS) is 18.7. The van der Waals surface area contributed by atoms with Crippen LogP contribution in [0.25, 0.3) is 0 Å². The predicted octanol–water partition coefficient (Wildman–Crippen LogP) is 0.836. The van der Waals surface area contributed by atoms with Crippen LogP contribution >= 0.6 is 0 Å². The third kappa shape index (κ3) is 3.64. The van der Waals surface area contributed by atoms with Gasteiger partial charge in [-0.2, -0.15) is 0 Å². The molecule has 0 spiro atoms. The zero-order valence-electron chi connectivity index (χ0n) is 8.70. The van der Waals surface area contributed by atoms with E-state index in [9.17, 15) is 4.79 Å². The number of carbonyl (C=O) groups is 1. The fourth-order valence-corrected chi connectivity index (χ4v) is 1.27. The lowest BCUT2D eigenvalue weighted by Gasteiger charge is -2.26. The minimum atomic E-state index is -0.456. The Bertz CT molecular complexity index is 180. The summed E-state index contributed by atoms with van der Waals surface area (Å²) in [5, 5.41) is 0. The lowest BCUT2D eigenvalue weighted by molar-refractivity contribution is -0.173. The third-order valence-electron chi connectivity index (χ3n) is 2.31. The molecule has 1 aliphatic heterocycles. The minimum Gasteiger partial charge on any atom is -0.456 e. The van der Waals surface area contributed by atoms with Gasteiger partial charge in [0.15, 0.2) is 0 Å². The summed E-state index contributed by atoms with van der Waals surface area (Å²) in [5.74, 6) is -0.283. The highest BCUT2D eigenvalue weighted by Gasteiger charge is 2.25. The Balaban J connectivity index is 2.08. The lowest BCUT2D eigenvalue weighted by Crippen LogP contribution is -2.42. The van der Waals surface area contributed by atoms with Gasteiger partial charge in [-0.15, -0.1) is 0 Å². The predicted molar refractivity (Wildman–Crippen MR) is 52.8 cm³/mol. The van der Waals surface area contributed by atoms with Crippen molar-refractivity contribution in [3.05, 3.63) is 0 Å².